The number of amides is 2. The summed E-state index contributed by atoms with van der Waals surface area (Å²) in [5.41, 5.74) is 2.78. The van der Waals surface area contributed by atoms with Crippen molar-refractivity contribution in [2.24, 2.45) is 5.92 Å². The van der Waals surface area contributed by atoms with Crippen LogP contribution < -0.4 is 10.2 Å². The van der Waals surface area contributed by atoms with Crippen LogP contribution in [0.5, 0.6) is 0 Å². The Kier molecular flexibility index (Phi) is 5.09. The first-order valence-electron chi connectivity index (χ1n) is 11.6. The quantitative estimate of drug-likeness (QED) is 0.459. The second-order valence-electron chi connectivity index (χ2n) is 9.13. The van der Waals surface area contributed by atoms with Crippen LogP contribution in [-0.4, -0.2) is 27.6 Å². The van der Waals surface area contributed by atoms with E-state index in [9.17, 15) is 18.4 Å². The molecule has 6 rings (SSSR count). The van der Waals surface area contributed by atoms with E-state index < -0.39 is 17.9 Å². The highest BCUT2D eigenvalue weighted by molar-refractivity contribution is 6.00. The Morgan fingerprint density at radius 2 is 1.71 bits per heavy atom. The maximum absolute atomic E-state index is 14.1. The van der Waals surface area contributed by atoms with Crippen molar-refractivity contribution in [3.05, 3.63) is 90.1 Å². The predicted octanol–water partition coefficient (Wildman–Crippen LogP) is 4.68. The van der Waals surface area contributed by atoms with E-state index in [1.165, 1.54) is 24.3 Å². The number of hydrogen-bond donors (Lipinski definition) is 1. The van der Waals surface area contributed by atoms with Crippen LogP contribution in [0.1, 0.15) is 30.9 Å². The first-order valence-corrected chi connectivity index (χ1v) is 11.6. The van der Waals surface area contributed by atoms with Crippen molar-refractivity contribution in [3.63, 3.8) is 0 Å². The molecule has 6 nitrogen and oxygen atoms in total. The zero-order valence-electron chi connectivity index (χ0n) is 18.7. The molecular formula is C27H22F2N4O2. The van der Waals surface area contributed by atoms with Crippen molar-refractivity contribution >= 4 is 28.4 Å². The Bertz CT molecular complexity index is 1450. The van der Waals surface area contributed by atoms with Crippen LogP contribution in [-0.2, 0) is 9.59 Å². The molecule has 0 radical (unpaired) electrons. The fourth-order valence-corrected chi connectivity index (χ4v) is 4.84. The largest absolute Gasteiger partial charge is 0.350 e. The zero-order chi connectivity index (χ0) is 24.1. The normalized spacial score (nSPS) is 19.9. The van der Waals surface area contributed by atoms with Crippen LogP contribution in [0.2, 0.25) is 0 Å². The van der Waals surface area contributed by atoms with Gasteiger partial charge in [-0.1, -0.05) is 12.1 Å². The maximum atomic E-state index is 14.1. The van der Waals surface area contributed by atoms with Crippen molar-refractivity contribution in [2.75, 3.05) is 4.90 Å². The first-order chi connectivity index (χ1) is 17.0. The molecule has 1 saturated heterocycles. The molecule has 0 bridgehead atoms. The Labute approximate surface area is 200 Å². The highest BCUT2D eigenvalue weighted by Gasteiger charge is 2.44. The summed E-state index contributed by atoms with van der Waals surface area (Å²) >= 11 is 0. The van der Waals surface area contributed by atoms with Gasteiger partial charge in [-0.2, -0.15) is 5.10 Å². The lowest BCUT2D eigenvalue weighted by molar-refractivity contribution is -0.123. The average Bonchev–Trinajstić information content (AvgIpc) is 3.54. The van der Waals surface area contributed by atoms with Gasteiger partial charge < -0.3 is 10.2 Å². The number of halogens is 2. The second-order valence-corrected chi connectivity index (χ2v) is 9.13. The molecule has 4 aromatic rings. The van der Waals surface area contributed by atoms with Crippen LogP contribution in [0.3, 0.4) is 0 Å². The van der Waals surface area contributed by atoms with Gasteiger partial charge >= 0.3 is 0 Å². The summed E-state index contributed by atoms with van der Waals surface area (Å²) in [7, 11) is 0. The van der Waals surface area contributed by atoms with E-state index in [1.54, 1.807) is 40.0 Å². The fraction of sp³-hybridized carbons (Fsp3) is 0.222. The summed E-state index contributed by atoms with van der Waals surface area (Å²) in [6, 6.07) is 16.7. The second kappa shape index (κ2) is 8.30. The summed E-state index contributed by atoms with van der Waals surface area (Å²) < 4.78 is 29.2. The number of nitrogens with one attached hydrogen (secondary N) is 1. The van der Waals surface area contributed by atoms with E-state index >= 15 is 0 Å². The topological polar surface area (TPSA) is 67.2 Å². The predicted molar refractivity (Wildman–Crippen MR) is 127 cm³/mol. The maximum Gasteiger partial charge on any atom is 0.229 e. The Hall–Kier alpha value is -4.07. The van der Waals surface area contributed by atoms with Gasteiger partial charge in [0.1, 0.15) is 11.6 Å². The summed E-state index contributed by atoms with van der Waals surface area (Å²) in [6.07, 6.45) is 3.53. The van der Waals surface area contributed by atoms with Crippen LogP contribution in [0, 0.1) is 17.6 Å². The van der Waals surface area contributed by atoms with Crippen molar-refractivity contribution in [2.45, 2.75) is 31.3 Å². The molecule has 1 saturated carbocycles. The van der Waals surface area contributed by atoms with Gasteiger partial charge in [-0.3, -0.25) is 9.59 Å². The molecule has 0 spiro atoms. The number of rotatable bonds is 5. The van der Waals surface area contributed by atoms with Crippen molar-refractivity contribution in [1.29, 1.82) is 0 Å². The van der Waals surface area contributed by atoms with Crippen molar-refractivity contribution in [1.82, 2.24) is 15.1 Å². The SMILES string of the molecule is O=C(N[C@H]1CC(=O)N(c2ccc3c(cnn3-c3ccc(F)cc3)c2)C1c1cccc(F)c1)C1CC1. The molecule has 2 aliphatic rings. The smallest absolute Gasteiger partial charge is 0.229 e. The molecule has 35 heavy (non-hydrogen) atoms. The number of anilines is 1. The zero-order valence-corrected chi connectivity index (χ0v) is 18.7. The third-order valence-corrected chi connectivity index (χ3v) is 6.69. The number of carbonyl (C=O) groups excluding carboxylic acids is 2. The van der Waals surface area contributed by atoms with E-state index in [2.05, 4.69) is 10.4 Å². The molecule has 1 aliphatic heterocycles. The monoisotopic (exact) mass is 472 g/mol. The number of nitrogens with zero attached hydrogens (tertiary/aromatic N) is 3. The molecule has 2 amide bonds. The van der Waals surface area contributed by atoms with E-state index in [1.807, 2.05) is 18.2 Å². The Morgan fingerprint density at radius 3 is 2.46 bits per heavy atom. The van der Waals surface area contributed by atoms with Gasteiger partial charge in [0.15, 0.2) is 0 Å². The van der Waals surface area contributed by atoms with E-state index in [0.29, 0.717) is 16.9 Å². The van der Waals surface area contributed by atoms with E-state index in [4.69, 9.17) is 0 Å². The van der Waals surface area contributed by atoms with Gasteiger partial charge in [-0.05, 0) is 73.0 Å². The number of hydrogen-bond acceptors (Lipinski definition) is 3. The number of fused-ring (bicyclic) bond motifs is 1. The fourth-order valence-electron chi connectivity index (χ4n) is 4.84. The van der Waals surface area contributed by atoms with Crippen LogP contribution in [0.25, 0.3) is 16.6 Å². The lowest BCUT2D eigenvalue weighted by atomic mass is 9.99. The third-order valence-electron chi connectivity index (χ3n) is 6.69. The third kappa shape index (κ3) is 3.95. The minimum absolute atomic E-state index is 0.000891. The standard InChI is InChI=1S/C27H22F2N4O2/c28-19-6-8-21(9-7-19)33-24-11-10-22(13-18(24)15-30-33)32-25(34)14-23(31-27(35)16-4-5-16)26(32)17-2-1-3-20(29)12-17/h1-3,6-13,15-16,23,26H,4-5,14H2,(H,31,35)/t23-,26?/m0/s1. The van der Waals surface area contributed by atoms with Gasteiger partial charge in [0.2, 0.25) is 11.8 Å². The molecule has 2 fully saturated rings. The van der Waals surface area contributed by atoms with Crippen LogP contribution in [0.15, 0.2) is 72.9 Å². The van der Waals surface area contributed by atoms with Crippen molar-refractivity contribution < 1.29 is 18.4 Å². The molecule has 1 N–H and O–H groups in total. The molecule has 176 valence electrons. The first kappa shape index (κ1) is 21.5. The van der Waals surface area contributed by atoms with Gasteiger partial charge in [-0.15, -0.1) is 0 Å². The molecular weight excluding hydrogens is 450 g/mol. The van der Waals surface area contributed by atoms with Gasteiger partial charge in [0.05, 0.1) is 29.5 Å². The van der Waals surface area contributed by atoms with Gasteiger partial charge in [0, 0.05) is 23.4 Å². The summed E-state index contributed by atoms with van der Waals surface area (Å²) in [5, 5.41) is 8.27. The highest BCUT2D eigenvalue weighted by atomic mass is 19.1. The highest BCUT2D eigenvalue weighted by Crippen LogP contribution is 2.39. The lowest BCUT2D eigenvalue weighted by Crippen LogP contribution is -2.40. The Balaban J connectivity index is 1.39. The number of benzene rings is 3. The average molecular weight is 472 g/mol. The molecule has 2 heterocycles. The van der Waals surface area contributed by atoms with Gasteiger partial charge in [0.25, 0.3) is 0 Å². The number of aromatic nitrogens is 2. The minimum Gasteiger partial charge on any atom is -0.350 e. The summed E-state index contributed by atoms with van der Waals surface area (Å²) in [5.74, 6) is -0.925. The Morgan fingerprint density at radius 1 is 0.943 bits per heavy atom. The number of carbonyl (C=O) groups is 2. The summed E-state index contributed by atoms with van der Waals surface area (Å²) in [4.78, 5) is 27.4. The van der Waals surface area contributed by atoms with E-state index in [0.717, 1.165) is 23.7 Å². The molecule has 8 heteroatoms. The molecule has 2 atom stereocenters. The molecule has 1 aromatic heterocycles. The summed E-state index contributed by atoms with van der Waals surface area (Å²) in [6.45, 7) is 0. The molecule has 1 unspecified atom stereocenters. The molecule has 3 aromatic carbocycles. The van der Waals surface area contributed by atoms with E-state index in [-0.39, 0.29) is 30.0 Å². The molecule has 1 aliphatic carbocycles. The minimum atomic E-state index is -0.537. The van der Waals surface area contributed by atoms with Crippen LogP contribution in [0.4, 0.5) is 14.5 Å². The lowest BCUT2D eigenvalue weighted by Gasteiger charge is -2.29. The van der Waals surface area contributed by atoms with Crippen molar-refractivity contribution in [3.8, 4) is 5.69 Å². The van der Waals surface area contributed by atoms with Gasteiger partial charge in [-0.25, -0.2) is 13.5 Å². The van der Waals surface area contributed by atoms with Crippen LogP contribution >= 0.6 is 0 Å².